The minimum atomic E-state index is -1.07. The number of rotatable bonds is 6. The molecular formula is C19H26FN3O4. The maximum Gasteiger partial charge on any atom is 0.329 e. The number of amides is 1. The molecule has 0 unspecified atom stereocenters. The normalized spacial score (nSPS) is 19.3. The fraction of sp³-hybridized carbons (Fsp3) is 0.579. The second-order valence-corrected chi connectivity index (χ2v) is 7.00. The Morgan fingerprint density at radius 2 is 1.63 bits per heavy atom. The lowest BCUT2D eigenvalue weighted by Gasteiger charge is -2.43. The van der Waals surface area contributed by atoms with Crippen LogP contribution in [0.25, 0.3) is 0 Å². The molecular weight excluding hydrogens is 353 g/mol. The quantitative estimate of drug-likeness (QED) is 0.796. The highest BCUT2D eigenvalue weighted by Gasteiger charge is 2.29. The molecule has 2 fully saturated rings. The van der Waals surface area contributed by atoms with Crippen molar-refractivity contribution >= 4 is 17.6 Å². The van der Waals surface area contributed by atoms with E-state index in [1.807, 2.05) is 12.1 Å². The molecule has 0 spiro atoms. The number of aliphatic carboxylic acids is 1. The van der Waals surface area contributed by atoms with Gasteiger partial charge in [-0.1, -0.05) is 0 Å². The second-order valence-electron chi connectivity index (χ2n) is 7.00. The van der Waals surface area contributed by atoms with Crippen molar-refractivity contribution < 1.29 is 23.8 Å². The summed E-state index contributed by atoms with van der Waals surface area (Å²) in [6, 6.07) is 7.09. The number of anilines is 1. The van der Waals surface area contributed by atoms with Gasteiger partial charge < -0.3 is 19.6 Å². The van der Waals surface area contributed by atoms with Gasteiger partial charge >= 0.3 is 5.97 Å². The Hall–Kier alpha value is -2.19. The van der Waals surface area contributed by atoms with Crippen LogP contribution in [0.2, 0.25) is 0 Å². The molecule has 27 heavy (non-hydrogen) atoms. The summed E-state index contributed by atoms with van der Waals surface area (Å²) in [5.74, 6) is -1.43. The van der Waals surface area contributed by atoms with Gasteiger partial charge in [0, 0.05) is 51.0 Å². The number of carbonyl (C=O) groups excluding carboxylic acids is 1. The van der Waals surface area contributed by atoms with Crippen LogP contribution in [0.15, 0.2) is 24.3 Å². The molecule has 1 amide bonds. The van der Waals surface area contributed by atoms with E-state index < -0.39 is 12.6 Å². The molecule has 3 rings (SSSR count). The molecule has 2 aliphatic heterocycles. The first-order valence-electron chi connectivity index (χ1n) is 9.35. The molecule has 2 saturated heterocycles. The van der Waals surface area contributed by atoms with Gasteiger partial charge in [0.25, 0.3) is 0 Å². The molecule has 7 nitrogen and oxygen atoms in total. The zero-order chi connectivity index (χ0) is 19.2. The lowest BCUT2D eigenvalue weighted by molar-refractivity contribution is -0.146. The van der Waals surface area contributed by atoms with E-state index in [4.69, 9.17) is 9.84 Å². The fourth-order valence-electron chi connectivity index (χ4n) is 3.79. The predicted molar refractivity (Wildman–Crippen MR) is 98.2 cm³/mol. The third kappa shape index (κ3) is 5.40. The molecule has 1 aromatic carbocycles. The second kappa shape index (κ2) is 9.14. The van der Waals surface area contributed by atoms with E-state index in [1.165, 1.54) is 12.1 Å². The third-order valence-corrected chi connectivity index (χ3v) is 5.29. The van der Waals surface area contributed by atoms with Crippen LogP contribution in [-0.2, 0) is 14.3 Å². The van der Waals surface area contributed by atoms with Crippen molar-refractivity contribution in [2.45, 2.75) is 18.9 Å². The highest BCUT2D eigenvalue weighted by atomic mass is 19.1. The number of carboxylic acid groups (broad SMARTS) is 1. The molecule has 0 aromatic heterocycles. The van der Waals surface area contributed by atoms with Gasteiger partial charge in [-0.2, -0.15) is 0 Å². The Morgan fingerprint density at radius 3 is 2.22 bits per heavy atom. The zero-order valence-electron chi connectivity index (χ0n) is 15.3. The van der Waals surface area contributed by atoms with Gasteiger partial charge in [-0.15, -0.1) is 0 Å². The largest absolute Gasteiger partial charge is 0.480 e. The van der Waals surface area contributed by atoms with E-state index in [9.17, 15) is 14.0 Å². The summed E-state index contributed by atoms with van der Waals surface area (Å²) in [4.78, 5) is 29.0. The Labute approximate surface area is 158 Å². The smallest absolute Gasteiger partial charge is 0.329 e. The van der Waals surface area contributed by atoms with Crippen LogP contribution in [0.5, 0.6) is 0 Å². The van der Waals surface area contributed by atoms with Crippen LogP contribution in [0.3, 0.4) is 0 Å². The van der Waals surface area contributed by atoms with Crippen molar-refractivity contribution in [3.05, 3.63) is 30.1 Å². The van der Waals surface area contributed by atoms with Gasteiger partial charge in [-0.3, -0.25) is 9.69 Å². The van der Waals surface area contributed by atoms with Crippen molar-refractivity contribution in [3.63, 3.8) is 0 Å². The lowest BCUT2D eigenvalue weighted by Crippen LogP contribution is -2.54. The molecule has 0 bridgehead atoms. The molecule has 8 heteroatoms. The third-order valence-electron chi connectivity index (χ3n) is 5.29. The molecule has 148 valence electrons. The molecule has 0 saturated carbocycles. The van der Waals surface area contributed by atoms with Crippen molar-refractivity contribution in [2.75, 3.05) is 57.4 Å². The van der Waals surface area contributed by atoms with Crippen LogP contribution in [0, 0.1) is 5.82 Å². The minimum absolute atomic E-state index is 0.143. The monoisotopic (exact) mass is 379 g/mol. The van der Waals surface area contributed by atoms with Gasteiger partial charge in [0.2, 0.25) is 5.91 Å². The summed E-state index contributed by atoms with van der Waals surface area (Å²) >= 11 is 0. The number of benzene rings is 1. The van der Waals surface area contributed by atoms with Gasteiger partial charge in [-0.05, 0) is 37.1 Å². The number of nitrogens with zero attached hydrogens (tertiary/aromatic N) is 3. The first kappa shape index (κ1) is 19.6. The number of piperazine rings is 1. The van der Waals surface area contributed by atoms with E-state index >= 15 is 0 Å². The topological polar surface area (TPSA) is 73.3 Å². The Morgan fingerprint density at radius 1 is 1.00 bits per heavy atom. The highest BCUT2D eigenvalue weighted by Crippen LogP contribution is 2.21. The van der Waals surface area contributed by atoms with Gasteiger partial charge in [-0.25, -0.2) is 9.18 Å². The number of carboxylic acids is 1. The first-order valence-corrected chi connectivity index (χ1v) is 9.35. The summed E-state index contributed by atoms with van der Waals surface area (Å²) < 4.78 is 17.9. The summed E-state index contributed by atoms with van der Waals surface area (Å²) in [6.07, 6.45) is 1.84. The van der Waals surface area contributed by atoms with E-state index in [0.717, 1.165) is 44.7 Å². The van der Waals surface area contributed by atoms with E-state index in [0.29, 0.717) is 19.1 Å². The number of likely N-dealkylation sites (tertiary alicyclic amines) is 1. The summed E-state index contributed by atoms with van der Waals surface area (Å²) in [5, 5.41) is 8.54. The summed E-state index contributed by atoms with van der Waals surface area (Å²) in [6.45, 7) is 4.47. The maximum absolute atomic E-state index is 13.1. The van der Waals surface area contributed by atoms with Gasteiger partial charge in [0.1, 0.15) is 19.0 Å². The van der Waals surface area contributed by atoms with Crippen molar-refractivity contribution in [1.29, 1.82) is 0 Å². The zero-order valence-corrected chi connectivity index (χ0v) is 15.3. The van der Waals surface area contributed by atoms with Gasteiger partial charge in [0.05, 0.1) is 0 Å². The predicted octanol–water partition coefficient (Wildman–Crippen LogP) is 1.04. The van der Waals surface area contributed by atoms with Crippen molar-refractivity contribution in [2.24, 2.45) is 0 Å². The number of ether oxygens (including phenoxy) is 1. The molecule has 1 N–H and O–H groups in total. The van der Waals surface area contributed by atoms with E-state index in [-0.39, 0.29) is 18.3 Å². The number of hydrogen-bond acceptors (Lipinski definition) is 5. The van der Waals surface area contributed by atoms with Crippen molar-refractivity contribution in [3.8, 4) is 0 Å². The van der Waals surface area contributed by atoms with Crippen molar-refractivity contribution in [1.82, 2.24) is 9.80 Å². The number of halogens is 1. The van der Waals surface area contributed by atoms with Crippen LogP contribution in [0.1, 0.15) is 12.8 Å². The average molecular weight is 379 g/mol. The molecule has 0 radical (unpaired) electrons. The van der Waals surface area contributed by atoms with E-state index in [2.05, 4.69) is 9.80 Å². The molecule has 0 atom stereocenters. The summed E-state index contributed by atoms with van der Waals surface area (Å²) in [7, 11) is 0. The Balaban J connectivity index is 1.40. The Bertz CT molecular complexity index is 639. The Kier molecular flexibility index (Phi) is 6.63. The van der Waals surface area contributed by atoms with Gasteiger partial charge in [0.15, 0.2) is 0 Å². The van der Waals surface area contributed by atoms with Crippen LogP contribution < -0.4 is 4.90 Å². The van der Waals surface area contributed by atoms with Crippen LogP contribution in [-0.4, -0.2) is 85.3 Å². The minimum Gasteiger partial charge on any atom is -0.480 e. The number of piperidine rings is 1. The lowest BCUT2D eigenvalue weighted by atomic mass is 10.0. The molecule has 1 aromatic rings. The fourth-order valence-corrected chi connectivity index (χ4v) is 3.79. The molecule has 2 heterocycles. The highest BCUT2D eigenvalue weighted by molar-refractivity contribution is 5.78. The van der Waals surface area contributed by atoms with Crippen LogP contribution >= 0.6 is 0 Å². The molecule has 0 aliphatic carbocycles. The standard InChI is InChI=1S/C19H26FN3O4/c20-15-1-3-16(4-2-15)21-9-11-22(12-10-21)17-5-7-23(8-6-17)18(24)13-27-14-19(25)26/h1-4,17H,5-14H2,(H,25,26). The number of hydrogen-bond donors (Lipinski definition) is 1. The first-order chi connectivity index (χ1) is 13.0. The summed E-state index contributed by atoms with van der Waals surface area (Å²) in [5.41, 5.74) is 1.05. The maximum atomic E-state index is 13.1. The number of carbonyl (C=O) groups is 2. The molecule has 2 aliphatic rings. The SMILES string of the molecule is O=C(O)COCC(=O)N1CCC(N2CCN(c3ccc(F)cc3)CC2)CC1. The average Bonchev–Trinajstić information content (AvgIpc) is 2.68. The van der Waals surface area contributed by atoms with Crippen LogP contribution in [0.4, 0.5) is 10.1 Å². The van der Waals surface area contributed by atoms with E-state index in [1.54, 1.807) is 4.90 Å².